The molecule has 0 aliphatic carbocycles. The Bertz CT molecular complexity index is 102. The summed E-state index contributed by atoms with van der Waals surface area (Å²) in [5, 5.41) is 0. The molecule has 0 aromatic carbocycles. The van der Waals surface area contributed by atoms with E-state index in [1.54, 1.807) is 0 Å². The Balaban J connectivity index is 3.51. The summed E-state index contributed by atoms with van der Waals surface area (Å²) in [5.74, 6) is 0. The van der Waals surface area contributed by atoms with Gasteiger partial charge in [-0.15, -0.1) is 28.7 Å². The van der Waals surface area contributed by atoms with E-state index in [4.69, 9.17) is 22.2 Å². The van der Waals surface area contributed by atoms with E-state index in [2.05, 4.69) is 13.5 Å². The lowest BCUT2D eigenvalue weighted by Crippen LogP contribution is -2.17. The fourth-order valence-electron chi connectivity index (χ4n) is 0.804. The quantitative estimate of drug-likeness (QED) is 0.356. The van der Waals surface area contributed by atoms with Crippen molar-refractivity contribution in [1.29, 1.82) is 0 Å². The lowest BCUT2D eigenvalue weighted by Gasteiger charge is -2.13. The third kappa shape index (κ3) is 5.33. The minimum absolute atomic E-state index is 0.952. The molecule has 0 spiro atoms. The average molecular weight is 197 g/mol. The molecule has 3 heteroatoms. The Labute approximate surface area is 73.6 Å². The number of hydrogen-bond donors (Lipinski definition) is 0. The zero-order valence-corrected chi connectivity index (χ0v) is 8.88. The van der Waals surface area contributed by atoms with Crippen molar-refractivity contribution in [1.82, 2.24) is 0 Å². The van der Waals surface area contributed by atoms with E-state index < -0.39 is 6.69 Å². The highest BCUT2D eigenvalue weighted by atomic mass is 35.7. The minimum atomic E-state index is -1.85. The van der Waals surface area contributed by atoms with Crippen molar-refractivity contribution in [2.24, 2.45) is 0 Å². The van der Waals surface area contributed by atoms with Crippen LogP contribution in [0.5, 0.6) is 0 Å². The van der Waals surface area contributed by atoms with Crippen LogP contribution in [0.3, 0.4) is 0 Å². The number of rotatable bonds is 5. The number of hydrogen-bond acceptors (Lipinski definition) is 0. The second-order valence-corrected chi connectivity index (χ2v) is 10.1. The maximum atomic E-state index is 6.07. The van der Waals surface area contributed by atoms with Crippen LogP contribution in [0.1, 0.15) is 19.8 Å². The van der Waals surface area contributed by atoms with Gasteiger partial charge in [0.2, 0.25) is 0 Å². The molecular weight excluding hydrogens is 183 g/mol. The Morgan fingerprint density at radius 1 is 1.40 bits per heavy atom. The first-order valence-electron chi connectivity index (χ1n) is 3.61. The van der Waals surface area contributed by atoms with E-state index in [0.29, 0.717) is 0 Å². The van der Waals surface area contributed by atoms with Gasteiger partial charge >= 0.3 is 0 Å². The van der Waals surface area contributed by atoms with E-state index in [1.807, 2.05) is 6.08 Å². The molecule has 60 valence electrons. The SMILES string of the molecule is C=CCC[Si](Cl)(Cl)CCC. The van der Waals surface area contributed by atoms with E-state index in [1.165, 1.54) is 0 Å². The van der Waals surface area contributed by atoms with Crippen LogP contribution in [0.2, 0.25) is 12.1 Å². The summed E-state index contributed by atoms with van der Waals surface area (Å²) >= 11 is 12.1. The van der Waals surface area contributed by atoms with Crippen molar-refractivity contribution in [3.8, 4) is 0 Å². The van der Waals surface area contributed by atoms with Crippen molar-refractivity contribution < 1.29 is 0 Å². The summed E-state index contributed by atoms with van der Waals surface area (Å²) in [5.41, 5.74) is 0. The minimum Gasteiger partial charge on any atom is -0.146 e. The van der Waals surface area contributed by atoms with Crippen LogP contribution in [0, 0.1) is 0 Å². The molecule has 0 heterocycles. The molecule has 0 fully saturated rings. The third-order valence-corrected chi connectivity index (χ3v) is 5.85. The molecule has 0 aromatic rings. The fraction of sp³-hybridized carbons (Fsp3) is 0.714. The fourth-order valence-corrected chi connectivity index (χ4v) is 4.20. The van der Waals surface area contributed by atoms with Crippen molar-refractivity contribution in [2.45, 2.75) is 31.9 Å². The molecule has 0 bridgehead atoms. The molecule has 0 amide bonds. The number of halogens is 2. The molecule has 0 rings (SSSR count). The van der Waals surface area contributed by atoms with E-state index in [0.717, 1.165) is 24.9 Å². The Kier molecular flexibility index (Phi) is 5.50. The first kappa shape index (κ1) is 10.5. The predicted molar refractivity (Wildman–Crippen MR) is 52.2 cm³/mol. The lowest BCUT2D eigenvalue weighted by atomic mass is 10.5. The number of allylic oxidation sites excluding steroid dienone is 1. The first-order valence-corrected chi connectivity index (χ1v) is 8.05. The average Bonchev–Trinajstić information content (AvgIpc) is 1.84. The molecule has 10 heavy (non-hydrogen) atoms. The zero-order valence-electron chi connectivity index (χ0n) is 6.37. The monoisotopic (exact) mass is 196 g/mol. The van der Waals surface area contributed by atoms with Crippen molar-refractivity contribution in [3.05, 3.63) is 12.7 Å². The maximum Gasteiger partial charge on any atom is 0.251 e. The van der Waals surface area contributed by atoms with Crippen LogP contribution < -0.4 is 0 Å². The van der Waals surface area contributed by atoms with E-state index >= 15 is 0 Å². The summed E-state index contributed by atoms with van der Waals surface area (Å²) in [7, 11) is 0. The summed E-state index contributed by atoms with van der Waals surface area (Å²) in [6.07, 6.45) is 3.93. The van der Waals surface area contributed by atoms with Gasteiger partial charge < -0.3 is 0 Å². The van der Waals surface area contributed by atoms with Crippen LogP contribution in [-0.2, 0) is 0 Å². The topological polar surface area (TPSA) is 0 Å². The van der Waals surface area contributed by atoms with Crippen LogP contribution in [0.15, 0.2) is 12.7 Å². The summed E-state index contributed by atoms with van der Waals surface area (Å²) in [6, 6.07) is 1.96. The van der Waals surface area contributed by atoms with Gasteiger partial charge in [0.05, 0.1) is 0 Å². The van der Waals surface area contributed by atoms with Crippen LogP contribution in [0.4, 0.5) is 0 Å². The van der Waals surface area contributed by atoms with E-state index in [-0.39, 0.29) is 0 Å². The van der Waals surface area contributed by atoms with Crippen molar-refractivity contribution in [3.63, 3.8) is 0 Å². The highest BCUT2D eigenvalue weighted by Gasteiger charge is 2.25. The highest BCUT2D eigenvalue weighted by molar-refractivity contribution is 7.45. The van der Waals surface area contributed by atoms with Gasteiger partial charge in [-0.25, -0.2) is 0 Å². The lowest BCUT2D eigenvalue weighted by molar-refractivity contribution is 1.04. The third-order valence-electron chi connectivity index (χ3n) is 1.33. The van der Waals surface area contributed by atoms with Gasteiger partial charge in [0, 0.05) is 0 Å². The maximum absolute atomic E-state index is 6.07. The molecule has 0 saturated carbocycles. The van der Waals surface area contributed by atoms with Gasteiger partial charge in [-0.1, -0.05) is 19.4 Å². The summed E-state index contributed by atoms with van der Waals surface area (Å²) < 4.78 is 0. The summed E-state index contributed by atoms with van der Waals surface area (Å²) in [6.45, 7) is 3.89. The zero-order chi connectivity index (χ0) is 8.04. The molecule has 0 atom stereocenters. The van der Waals surface area contributed by atoms with Crippen molar-refractivity contribution in [2.75, 3.05) is 0 Å². The van der Waals surface area contributed by atoms with Crippen LogP contribution in [-0.4, -0.2) is 6.69 Å². The van der Waals surface area contributed by atoms with Gasteiger partial charge in [-0.2, -0.15) is 0 Å². The van der Waals surface area contributed by atoms with Crippen LogP contribution in [0.25, 0.3) is 0 Å². The molecule has 0 aliphatic heterocycles. The Morgan fingerprint density at radius 2 is 2.00 bits per heavy atom. The molecule has 0 unspecified atom stereocenters. The van der Waals surface area contributed by atoms with Gasteiger partial charge in [0.1, 0.15) is 0 Å². The summed E-state index contributed by atoms with van der Waals surface area (Å²) in [4.78, 5) is 0. The predicted octanol–water partition coefficient (Wildman–Crippen LogP) is 3.89. The largest absolute Gasteiger partial charge is 0.251 e. The second-order valence-electron chi connectivity index (χ2n) is 2.43. The molecule has 0 radical (unpaired) electrons. The molecule has 0 saturated heterocycles. The molecule has 0 nitrogen and oxygen atoms in total. The molecule has 0 aromatic heterocycles. The van der Waals surface area contributed by atoms with E-state index in [9.17, 15) is 0 Å². The highest BCUT2D eigenvalue weighted by Crippen LogP contribution is 2.28. The van der Waals surface area contributed by atoms with Crippen LogP contribution >= 0.6 is 22.2 Å². The molecular formula is C7H14Cl2Si. The molecule has 0 N–H and O–H groups in total. The van der Waals surface area contributed by atoms with Crippen molar-refractivity contribution >= 4 is 28.9 Å². The Morgan fingerprint density at radius 3 is 2.40 bits per heavy atom. The van der Waals surface area contributed by atoms with Gasteiger partial charge in [-0.3, -0.25) is 0 Å². The van der Waals surface area contributed by atoms with Gasteiger partial charge in [0.15, 0.2) is 0 Å². The second kappa shape index (κ2) is 5.22. The van der Waals surface area contributed by atoms with Gasteiger partial charge in [0.25, 0.3) is 6.69 Å². The van der Waals surface area contributed by atoms with Gasteiger partial charge in [-0.05, 0) is 18.5 Å². The standard InChI is InChI=1S/C7H14Cl2Si/c1-3-5-7-10(8,9)6-4-2/h3H,1,4-7H2,2H3. The normalized spacial score (nSPS) is 11.5. The first-order chi connectivity index (χ1) is 4.62. The Hall–Kier alpha value is 0.537. The smallest absolute Gasteiger partial charge is 0.146 e. The molecule has 0 aliphatic rings.